The molecule has 0 bridgehead atoms. The van der Waals surface area contributed by atoms with Crippen molar-refractivity contribution in [1.82, 2.24) is 4.90 Å². The van der Waals surface area contributed by atoms with Crippen LogP contribution in [0.5, 0.6) is 0 Å². The first-order valence-electron chi connectivity index (χ1n) is 8.33. The summed E-state index contributed by atoms with van der Waals surface area (Å²) in [6.07, 6.45) is 3.01. The molecule has 1 aromatic rings. The second-order valence-electron chi connectivity index (χ2n) is 6.22. The van der Waals surface area contributed by atoms with Gasteiger partial charge in [-0.1, -0.05) is 36.4 Å². The van der Waals surface area contributed by atoms with Gasteiger partial charge >= 0.3 is 8.56 Å². The van der Waals surface area contributed by atoms with Crippen molar-refractivity contribution in [2.75, 3.05) is 33.4 Å². The maximum absolute atomic E-state index is 6.36. The Balaban J connectivity index is 2.00. The van der Waals surface area contributed by atoms with E-state index in [2.05, 4.69) is 42.3 Å². The summed E-state index contributed by atoms with van der Waals surface area (Å²) in [5.41, 5.74) is 1.30. The van der Waals surface area contributed by atoms with Crippen molar-refractivity contribution in [3.8, 4) is 0 Å². The molecule has 2 rings (SSSR count). The van der Waals surface area contributed by atoms with Gasteiger partial charge in [0.25, 0.3) is 0 Å². The summed E-state index contributed by atoms with van der Waals surface area (Å²) >= 11 is 0. The molecule has 4 nitrogen and oxygen atoms in total. The number of hydrogen-bond donors (Lipinski definition) is 0. The van der Waals surface area contributed by atoms with Crippen LogP contribution in [0.25, 0.3) is 0 Å². The van der Waals surface area contributed by atoms with Crippen LogP contribution < -0.4 is 0 Å². The SMILES string of the molecule is C=CCN(Cc1ccccc1)CC1COCCC[Si](C)(OC)O1. The standard InChI is InChI=1S/C18H29NO3Si/c1-4-11-19(14-17-9-6-5-7-10-17)15-18-16-21-12-8-13-23(3,20-2)22-18/h4-7,9-10,18H,1,8,11-16H2,2-3H3. The fourth-order valence-electron chi connectivity index (χ4n) is 2.91. The van der Waals surface area contributed by atoms with Crippen LogP contribution in [0.15, 0.2) is 43.0 Å². The van der Waals surface area contributed by atoms with Gasteiger partial charge < -0.3 is 13.6 Å². The minimum atomic E-state index is -2.07. The summed E-state index contributed by atoms with van der Waals surface area (Å²) in [5.74, 6) is 0. The molecule has 1 fully saturated rings. The Hall–Kier alpha value is -0.983. The Bertz CT molecular complexity index is 471. The molecule has 128 valence electrons. The van der Waals surface area contributed by atoms with Gasteiger partial charge in [-0.2, -0.15) is 0 Å². The third-order valence-electron chi connectivity index (χ3n) is 4.17. The van der Waals surface area contributed by atoms with E-state index in [9.17, 15) is 0 Å². The Labute approximate surface area is 141 Å². The van der Waals surface area contributed by atoms with Crippen molar-refractivity contribution in [2.24, 2.45) is 0 Å². The van der Waals surface area contributed by atoms with Crippen LogP contribution in [0.2, 0.25) is 12.6 Å². The van der Waals surface area contributed by atoms with E-state index in [0.717, 1.165) is 38.7 Å². The average molecular weight is 336 g/mol. The maximum Gasteiger partial charge on any atom is 0.335 e. The Kier molecular flexibility index (Phi) is 7.46. The molecule has 0 amide bonds. The summed E-state index contributed by atoms with van der Waals surface area (Å²) < 4.78 is 17.8. The summed E-state index contributed by atoms with van der Waals surface area (Å²) in [6.45, 7) is 10.0. The lowest BCUT2D eigenvalue weighted by Crippen LogP contribution is -2.48. The van der Waals surface area contributed by atoms with Crippen molar-refractivity contribution in [2.45, 2.75) is 31.7 Å². The number of rotatable bonds is 7. The fourth-order valence-corrected chi connectivity index (χ4v) is 4.96. The molecule has 0 radical (unpaired) electrons. The van der Waals surface area contributed by atoms with Gasteiger partial charge in [-0.3, -0.25) is 4.90 Å². The number of benzene rings is 1. The largest absolute Gasteiger partial charge is 0.398 e. The number of nitrogens with zero attached hydrogens (tertiary/aromatic N) is 1. The van der Waals surface area contributed by atoms with Gasteiger partial charge in [0, 0.05) is 33.4 Å². The van der Waals surface area contributed by atoms with E-state index in [1.165, 1.54) is 5.56 Å². The molecule has 0 saturated carbocycles. The van der Waals surface area contributed by atoms with Gasteiger partial charge in [-0.25, -0.2) is 0 Å². The quantitative estimate of drug-likeness (QED) is 0.565. The first kappa shape index (κ1) is 18.4. The molecule has 0 aliphatic carbocycles. The topological polar surface area (TPSA) is 30.9 Å². The van der Waals surface area contributed by atoms with Crippen LogP contribution in [-0.2, 0) is 20.1 Å². The predicted molar refractivity (Wildman–Crippen MR) is 95.7 cm³/mol. The van der Waals surface area contributed by atoms with Crippen molar-refractivity contribution in [3.63, 3.8) is 0 Å². The lowest BCUT2D eigenvalue weighted by atomic mass is 10.2. The van der Waals surface area contributed by atoms with Gasteiger partial charge in [0.1, 0.15) is 0 Å². The van der Waals surface area contributed by atoms with Gasteiger partial charge in [0.2, 0.25) is 0 Å². The molecule has 0 N–H and O–H groups in total. The van der Waals surface area contributed by atoms with E-state index in [1.807, 2.05) is 12.1 Å². The van der Waals surface area contributed by atoms with E-state index in [-0.39, 0.29) is 6.10 Å². The number of hydrogen-bond acceptors (Lipinski definition) is 4. The van der Waals surface area contributed by atoms with E-state index >= 15 is 0 Å². The summed E-state index contributed by atoms with van der Waals surface area (Å²) in [7, 11) is -0.295. The van der Waals surface area contributed by atoms with Crippen LogP contribution in [0.3, 0.4) is 0 Å². The zero-order chi connectivity index (χ0) is 16.5. The monoisotopic (exact) mass is 335 g/mol. The Morgan fingerprint density at radius 1 is 1.39 bits per heavy atom. The lowest BCUT2D eigenvalue weighted by Gasteiger charge is -2.35. The van der Waals surface area contributed by atoms with Crippen LogP contribution in [0.4, 0.5) is 0 Å². The highest BCUT2D eigenvalue weighted by Gasteiger charge is 2.35. The van der Waals surface area contributed by atoms with Crippen LogP contribution in [-0.4, -0.2) is 53.0 Å². The summed E-state index contributed by atoms with van der Waals surface area (Å²) in [5, 5.41) is 0. The highest BCUT2D eigenvalue weighted by Crippen LogP contribution is 2.21. The molecule has 0 spiro atoms. The minimum absolute atomic E-state index is 0.0515. The van der Waals surface area contributed by atoms with Crippen molar-refractivity contribution in [1.29, 1.82) is 0 Å². The highest BCUT2D eigenvalue weighted by atomic mass is 28.4. The molecule has 1 aliphatic rings. The minimum Gasteiger partial charge on any atom is -0.398 e. The molecule has 2 atom stereocenters. The third-order valence-corrected chi connectivity index (χ3v) is 7.13. The smallest absolute Gasteiger partial charge is 0.335 e. The summed E-state index contributed by atoms with van der Waals surface area (Å²) in [4.78, 5) is 2.35. The molecule has 1 aliphatic heterocycles. The Morgan fingerprint density at radius 3 is 2.87 bits per heavy atom. The predicted octanol–water partition coefficient (Wildman–Crippen LogP) is 3.20. The molecule has 2 unspecified atom stereocenters. The number of ether oxygens (including phenoxy) is 1. The molecular weight excluding hydrogens is 306 g/mol. The molecule has 1 saturated heterocycles. The first-order chi connectivity index (χ1) is 11.1. The van der Waals surface area contributed by atoms with E-state index in [0.29, 0.717) is 6.61 Å². The van der Waals surface area contributed by atoms with E-state index in [4.69, 9.17) is 13.6 Å². The van der Waals surface area contributed by atoms with Crippen molar-refractivity contribution in [3.05, 3.63) is 48.6 Å². The fraction of sp³-hybridized carbons (Fsp3) is 0.556. The molecule has 1 heterocycles. The Morgan fingerprint density at radius 2 is 2.17 bits per heavy atom. The highest BCUT2D eigenvalue weighted by molar-refractivity contribution is 6.66. The summed E-state index contributed by atoms with van der Waals surface area (Å²) in [6, 6.07) is 11.5. The molecule has 0 aromatic heterocycles. The lowest BCUT2D eigenvalue weighted by molar-refractivity contribution is 0.00122. The normalized spacial score (nSPS) is 25.8. The second-order valence-corrected chi connectivity index (χ2v) is 9.64. The maximum atomic E-state index is 6.36. The van der Waals surface area contributed by atoms with Gasteiger partial charge in [-0.05, 0) is 24.6 Å². The third kappa shape index (κ3) is 6.20. The molecule has 5 heteroatoms. The van der Waals surface area contributed by atoms with Crippen LogP contribution in [0.1, 0.15) is 12.0 Å². The first-order valence-corrected chi connectivity index (χ1v) is 10.9. The van der Waals surface area contributed by atoms with Gasteiger partial charge in [0.05, 0.1) is 12.7 Å². The van der Waals surface area contributed by atoms with Crippen molar-refractivity contribution >= 4 is 8.56 Å². The zero-order valence-corrected chi connectivity index (χ0v) is 15.4. The van der Waals surface area contributed by atoms with E-state index in [1.54, 1.807) is 7.11 Å². The van der Waals surface area contributed by atoms with Crippen molar-refractivity contribution < 1.29 is 13.6 Å². The second kappa shape index (κ2) is 9.35. The van der Waals surface area contributed by atoms with Crippen LogP contribution in [0, 0.1) is 0 Å². The van der Waals surface area contributed by atoms with Crippen LogP contribution >= 0.6 is 0 Å². The molecular formula is C18H29NO3Si. The average Bonchev–Trinajstić information content (AvgIpc) is 2.53. The molecule has 23 heavy (non-hydrogen) atoms. The van der Waals surface area contributed by atoms with E-state index < -0.39 is 8.56 Å². The van der Waals surface area contributed by atoms with Gasteiger partial charge in [0.15, 0.2) is 0 Å². The van der Waals surface area contributed by atoms with Gasteiger partial charge in [-0.15, -0.1) is 6.58 Å². The zero-order valence-electron chi connectivity index (χ0n) is 14.4. The molecule has 1 aromatic carbocycles.